The normalized spacial score (nSPS) is 24.3. The van der Waals surface area contributed by atoms with Crippen LogP contribution in [-0.4, -0.2) is 89.3 Å². The van der Waals surface area contributed by atoms with Crippen LogP contribution in [0.15, 0.2) is 17.6 Å². The fourth-order valence-corrected chi connectivity index (χ4v) is 5.13. The smallest absolute Gasteiger partial charge is 0.399 e. The van der Waals surface area contributed by atoms with E-state index in [2.05, 4.69) is 9.97 Å². The van der Waals surface area contributed by atoms with Crippen molar-refractivity contribution >= 4 is 28.3 Å². The molecule has 2 atom stereocenters. The van der Waals surface area contributed by atoms with Gasteiger partial charge < -0.3 is 24.4 Å². The van der Waals surface area contributed by atoms with Crippen molar-refractivity contribution in [2.24, 2.45) is 5.92 Å². The lowest BCUT2D eigenvalue weighted by molar-refractivity contribution is -0.143. The molecule has 0 bridgehead atoms. The minimum absolute atomic E-state index is 0.196. The van der Waals surface area contributed by atoms with Gasteiger partial charge in [0.15, 0.2) is 6.10 Å². The number of hydrogen-bond acceptors (Lipinski definition) is 9. The second-order valence-corrected chi connectivity index (χ2v) is 11.1. The Kier molecular flexibility index (Phi) is 6.78. The van der Waals surface area contributed by atoms with Gasteiger partial charge in [-0.2, -0.15) is 0 Å². The highest BCUT2D eigenvalue weighted by Gasteiger charge is 2.52. The van der Waals surface area contributed by atoms with Gasteiger partial charge in [-0.25, -0.2) is 18.4 Å². The van der Waals surface area contributed by atoms with E-state index >= 15 is 0 Å². The second-order valence-electron chi connectivity index (χ2n) is 9.16. The summed E-state index contributed by atoms with van der Waals surface area (Å²) in [5.41, 5.74) is -0.530. The molecule has 31 heavy (non-hydrogen) atoms. The molecule has 0 aromatic carbocycles. The van der Waals surface area contributed by atoms with E-state index in [0.29, 0.717) is 24.8 Å². The summed E-state index contributed by atoms with van der Waals surface area (Å²) in [5.74, 6) is -1.10. The largest absolute Gasteiger partial charge is 0.498 e. The number of carbonyl (C=O) groups excluding carboxylic acids is 1. The maximum Gasteiger partial charge on any atom is 0.498 e. The topological polar surface area (TPSA) is 139 Å². The molecule has 2 unspecified atom stereocenters. The second kappa shape index (κ2) is 8.74. The lowest BCUT2D eigenvalue weighted by atomic mass is 9.81. The molecule has 2 N–H and O–H groups in total. The summed E-state index contributed by atoms with van der Waals surface area (Å²) in [5, 5.41) is 18.2. The van der Waals surface area contributed by atoms with Crippen LogP contribution in [0.2, 0.25) is 0 Å². The zero-order valence-corrected chi connectivity index (χ0v) is 19.1. The van der Waals surface area contributed by atoms with Crippen LogP contribution in [0.5, 0.6) is 0 Å². The van der Waals surface area contributed by atoms with Crippen LogP contribution >= 0.6 is 0 Å². The summed E-state index contributed by atoms with van der Waals surface area (Å²) < 4.78 is 37.5. The predicted molar refractivity (Wildman–Crippen MR) is 112 cm³/mol. The zero-order chi connectivity index (χ0) is 23.0. The first kappa shape index (κ1) is 24.1. The number of aliphatic hydroxyl groups excluding tert-OH is 2. The summed E-state index contributed by atoms with van der Waals surface area (Å²) in [4.78, 5) is 21.6. The van der Waals surface area contributed by atoms with E-state index < -0.39 is 46.8 Å². The Morgan fingerprint density at radius 1 is 1.26 bits per heavy atom. The molecule has 12 heteroatoms. The Bertz CT molecular complexity index is 892. The average Bonchev–Trinajstić information content (AvgIpc) is 2.94. The van der Waals surface area contributed by atoms with Gasteiger partial charge in [0.25, 0.3) is 5.91 Å². The first-order valence-corrected chi connectivity index (χ1v) is 12.0. The van der Waals surface area contributed by atoms with Crippen LogP contribution in [0.25, 0.3) is 0 Å². The number of amides is 1. The van der Waals surface area contributed by atoms with Crippen molar-refractivity contribution in [2.45, 2.75) is 63.0 Å². The molecule has 0 radical (unpaired) electrons. The van der Waals surface area contributed by atoms with Gasteiger partial charge in [-0.05, 0) is 46.5 Å². The molecule has 2 aliphatic rings. The highest BCUT2D eigenvalue weighted by molar-refractivity contribution is 7.91. The molecule has 10 nitrogen and oxygen atoms in total. The Labute approximate surface area is 183 Å². The number of nitrogens with zero attached hydrogens (tertiary/aromatic N) is 3. The van der Waals surface area contributed by atoms with Crippen molar-refractivity contribution in [2.75, 3.05) is 25.4 Å². The van der Waals surface area contributed by atoms with Crippen molar-refractivity contribution in [3.63, 3.8) is 0 Å². The quantitative estimate of drug-likeness (QED) is 0.414. The van der Waals surface area contributed by atoms with Gasteiger partial charge in [-0.15, -0.1) is 0 Å². The highest BCUT2D eigenvalue weighted by Crippen LogP contribution is 2.36. The van der Waals surface area contributed by atoms with Gasteiger partial charge in [-0.1, -0.05) is 0 Å². The number of hydrogen-bond donors (Lipinski definition) is 2. The molecule has 3 heterocycles. The summed E-state index contributed by atoms with van der Waals surface area (Å²) in [6, 6.07) is 0. The Morgan fingerprint density at radius 3 is 2.39 bits per heavy atom. The van der Waals surface area contributed by atoms with Crippen LogP contribution in [0.4, 0.5) is 0 Å². The molecular weight excluding hydrogens is 425 g/mol. The first-order chi connectivity index (χ1) is 14.4. The van der Waals surface area contributed by atoms with Crippen molar-refractivity contribution in [3.05, 3.63) is 12.4 Å². The lowest BCUT2D eigenvalue weighted by Gasteiger charge is -2.33. The molecule has 2 aliphatic heterocycles. The van der Waals surface area contributed by atoms with Gasteiger partial charge in [-0.3, -0.25) is 4.79 Å². The molecule has 0 spiro atoms. The molecule has 2 fully saturated rings. The van der Waals surface area contributed by atoms with E-state index in [1.807, 2.05) is 27.7 Å². The van der Waals surface area contributed by atoms with E-state index in [0.717, 1.165) is 0 Å². The van der Waals surface area contributed by atoms with Crippen LogP contribution in [-0.2, 0) is 23.9 Å². The van der Waals surface area contributed by atoms with E-state index in [1.165, 1.54) is 17.3 Å². The van der Waals surface area contributed by atoms with Crippen molar-refractivity contribution in [1.82, 2.24) is 14.9 Å². The molecular formula is C19H30BN3O7S. The van der Waals surface area contributed by atoms with E-state index in [1.54, 1.807) is 0 Å². The SMILES string of the molecule is CC1(C)OB(c2cnc(S(=O)(=O)CC3CCCN(C(=O)C(O)CO)C3)nc2)OC1(C)C. The summed E-state index contributed by atoms with van der Waals surface area (Å²) >= 11 is 0. The fourth-order valence-electron chi connectivity index (χ4n) is 3.66. The molecule has 172 valence electrons. The van der Waals surface area contributed by atoms with Gasteiger partial charge in [0.2, 0.25) is 15.0 Å². The number of aromatic nitrogens is 2. The van der Waals surface area contributed by atoms with Crippen molar-refractivity contribution in [3.8, 4) is 0 Å². The van der Waals surface area contributed by atoms with E-state index in [9.17, 15) is 18.3 Å². The van der Waals surface area contributed by atoms with E-state index in [-0.39, 0.29) is 23.4 Å². The summed E-state index contributed by atoms with van der Waals surface area (Å²) in [7, 11) is -4.46. The summed E-state index contributed by atoms with van der Waals surface area (Å²) in [6.45, 7) is 7.64. The third-order valence-electron chi connectivity index (χ3n) is 6.20. The number of sulfone groups is 1. The predicted octanol–water partition coefficient (Wildman–Crippen LogP) is -0.859. The average molecular weight is 455 g/mol. The molecule has 1 aromatic rings. The number of likely N-dealkylation sites (tertiary alicyclic amines) is 1. The minimum Gasteiger partial charge on any atom is -0.399 e. The van der Waals surface area contributed by atoms with Gasteiger partial charge in [0.05, 0.1) is 23.6 Å². The highest BCUT2D eigenvalue weighted by atomic mass is 32.2. The number of piperidine rings is 1. The number of aliphatic hydroxyl groups is 2. The number of rotatable bonds is 6. The Hall–Kier alpha value is -1.60. The number of carbonyl (C=O) groups is 1. The molecule has 0 aliphatic carbocycles. The Morgan fingerprint density at radius 2 is 1.84 bits per heavy atom. The fraction of sp³-hybridized carbons (Fsp3) is 0.737. The van der Waals surface area contributed by atoms with Gasteiger partial charge >= 0.3 is 7.12 Å². The standard InChI is InChI=1S/C19H30BN3O7S/c1-18(2)19(3,4)30-20(29-18)14-8-21-17(22-9-14)31(27,28)12-13-6-5-7-23(10-13)16(26)15(25)11-24/h8-9,13,15,24-25H,5-7,10-12H2,1-4H3. The first-order valence-electron chi connectivity index (χ1n) is 10.3. The third-order valence-corrected chi connectivity index (χ3v) is 7.87. The maximum absolute atomic E-state index is 12.8. The molecule has 3 rings (SSSR count). The third kappa shape index (κ3) is 5.09. The summed E-state index contributed by atoms with van der Waals surface area (Å²) in [6.07, 6.45) is 2.56. The molecule has 1 amide bonds. The molecule has 1 aromatic heterocycles. The van der Waals surface area contributed by atoms with Crippen LogP contribution in [0, 0.1) is 5.92 Å². The van der Waals surface area contributed by atoms with E-state index in [4.69, 9.17) is 14.4 Å². The van der Waals surface area contributed by atoms with Crippen molar-refractivity contribution < 1.29 is 32.7 Å². The van der Waals surface area contributed by atoms with Gasteiger partial charge in [0, 0.05) is 30.9 Å². The zero-order valence-electron chi connectivity index (χ0n) is 18.3. The Balaban J connectivity index is 1.67. The maximum atomic E-state index is 12.8. The monoisotopic (exact) mass is 455 g/mol. The van der Waals surface area contributed by atoms with Crippen molar-refractivity contribution in [1.29, 1.82) is 0 Å². The van der Waals surface area contributed by atoms with Crippen LogP contribution < -0.4 is 5.46 Å². The van der Waals surface area contributed by atoms with Crippen LogP contribution in [0.1, 0.15) is 40.5 Å². The van der Waals surface area contributed by atoms with Crippen LogP contribution in [0.3, 0.4) is 0 Å². The molecule has 2 saturated heterocycles. The minimum atomic E-state index is -3.77. The lowest BCUT2D eigenvalue weighted by Crippen LogP contribution is -2.47. The van der Waals surface area contributed by atoms with Gasteiger partial charge in [0.1, 0.15) is 0 Å². The molecule has 0 saturated carbocycles.